The fraction of sp³-hybridized carbons (Fsp3) is 0.417. The number of rotatable bonds is 5. The van der Waals surface area contributed by atoms with Crippen LogP contribution in [0.3, 0.4) is 0 Å². The minimum atomic E-state index is -2.01. The zero-order valence-corrected chi connectivity index (χ0v) is 10.2. The molecule has 0 aliphatic heterocycles. The minimum absolute atomic E-state index is 0.103. The third-order valence-corrected chi connectivity index (χ3v) is 2.59. The lowest BCUT2D eigenvalue weighted by molar-refractivity contribution is 0.0747. The van der Waals surface area contributed by atoms with Crippen LogP contribution in [0.1, 0.15) is 23.7 Å². The molecule has 19 heavy (non-hydrogen) atoms. The number of aliphatic hydroxyl groups excluding tert-OH is 1. The van der Waals surface area contributed by atoms with Crippen LogP contribution in [0.15, 0.2) is 6.07 Å². The molecule has 1 aromatic rings. The SMILES string of the molecule is CCN(CCCO)C(=O)c1cc(F)c(F)c(F)c1F. The number of hydrogen-bond acceptors (Lipinski definition) is 2. The maximum absolute atomic E-state index is 13.4. The van der Waals surface area contributed by atoms with Crippen molar-refractivity contribution in [2.24, 2.45) is 0 Å². The highest BCUT2D eigenvalue weighted by molar-refractivity contribution is 5.94. The molecule has 1 aromatic carbocycles. The standard InChI is InChI=1S/C12H13F4NO2/c1-2-17(4-3-5-18)12(19)7-6-8(13)10(15)11(16)9(7)14/h6,18H,2-5H2,1H3. The summed E-state index contributed by atoms with van der Waals surface area (Å²) < 4.78 is 52.2. The predicted molar refractivity (Wildman–Crippen MR) is 59.6 cm³/mol. The second-order valence-electron chi connectivity index (χ2n) is 3.81. The van der Waals surface area contributed by atoms with Crippen LogP contribution in [-0.4, -0.2) is 35.6 Å². The fourth-order valence-corrected chi connectivity index (χ4v) is 1.56. The average Bonchev–Trinajstić information content (AvgIpc) is 2.41. The summed E-state index contributed by atoms with van der Waals surface area (Å²) in [6, 6.07) is 0.331. The van der Waals surface area contributed by atoms with Gasteiger partial charge in [0.2, 0.25) is 0 Å². The van der Waals surface area contributed by atoms with Gasteiger partial charge in [0.05, 0.1) is 5.56 Å². The monoisotopic (exact) mass is 279 g/mol. The maximum Gasteiger partial charge on any atom is 0.257 e. The topological polar surface area (TPSA) is 40.5 Å². The Morgan fingerprint density at radius 2 is 1.84 bits per heavy atom. The maximum atomic E-state index is 13.4. The molecule has 0 saturated heterocycles. The van der Waals surface area contributed by atoms with Crippen molar-refractivity contribution in [3.8, 4) is 0 Å². The molecule has 3 nitrogen and oxygen atoms in total. The Morgan fingerprint density at radius 1 is 1.21 bits per heavy atom. The molecule has 0 saturated carbocycles. The second-order valence-corrected chi connectivity index (χ2v) is 3.81. The van der Waals surface area contributed by atoms with Crippen LogP contribution in [0.25, 0.3) is 0 Å². The summed E-state index contributed by atoms with van der Waals surface area (Å²) in [4.78, 5) is 13.0. The van der Waals surface area contributed by atoms with Crippen molar-refractivity contribution >= 4 is 5.91 Å². The van der Waals surface area contributed by atoms with Gasteiger partial charge < -0.3 is 10.0 Å². The van der Waals surface area contributed by atoms with Gasteiger partial charge in [0.25, 0.3) is 5.91 Å². The number of carbonyl (C=O) groups is 1. The lowest BCUT2D eigenvalue weighted by Crippen LogP contribution is -2.33. The summed E-state index contributed by atoms with van der Waals surface area (Å²) in [5, 5.41) is 8.66. The Bertz CT molecular complexity index is 479. The molecule has 1 rings (SSSR count). The van der Waals surface area contributed by atoms with E-state index in [-0.39, 0.29) is 26.1 Å². The molecule has 1 N–H and O–H groups in total. The quantitative estimate of drug-likeness (QED) is 0.509. The van der Waals surface area contributed by atoms with Gasteiger partial charge in [-0.3, -0.25) is 4.79 Å². The van der Waals surface area contributed by atoms with E-state index in [1.54, 1.807) is 6.92 Å². The Morgan fingerprint density at radius 3 is 2.37 bits per heavy atom. The van der Waals surface area contributed by atoms with Crippen molar-refractivity contribution in [1.82, 2.24) is 4.90 Å². The van der Waals surface area contributed by atoms with Gasteiger partial charge in [-0.1, -0.05) is 0 Å². The van der Waals surface area contributed by atoms with Crippen molar-refractivity contribution in [3.05, 3.63) is 34.9 Å². The number of hydrogen-bond donors (Lipinski definition) is 1. The Balaban J connectivity index is 3.11. The van der Waals surface area contributed by atoms with Crippen molar-refractivity contribution in [3.63, 3.8) is 0 Å². The molecule has 0 atom stereocenters. The van der Waals surface area contributed by atoms with Crippen LogP contribution in [0.2, 0.25) is 0 Å². The van der Waals surface area contributed by atoms with Crippen molar-refractivity contribution in [1.29, 1.82) is 0 Å². The van der Waals surface area contributed by atoms with Gasteiger partial charge >= 0.3 is 0 Å². The van der Waals surface area contributed by atoms with E-state index in [0.717, 1.165) is 4.90 Å². The van der Waals surface area contributed by atoms with Crippen LogP contribution in [0.4, 0.5) is 17.6 Å². The first-order valence-corrected chi connectivity index (χ1v) is 5.67. The summed E-state index contributed by atoms with van der Waals surface area (Å²) in [7, 11) is 0. The van der Waals surface area contributed by atoms with E-state index < -0.39 is 34.7 Å². The van der Waals surface area contributed by atoms with E-state index in [2.05, 4.69) is 0 Å². The zero-order valence-electron chi connectivity index (χ0n) is 10.2. The third kappa shape index (κ3) is 3.23. The van der Waals surface area contributed by atoms with Gasteiger partial charge in [0.15, 0.2) is 23.3 Å². The lowest BCUT2D eigenvalue weighted by atomic mass is 10.1. The molecule has 0 aliphatic rings. The molecule has 0 aliphatic carbocycles. The lowest BCUT2D eigenvalue weighted by Gasteiger charge is -2.20. The summed E-state index contributed by atoms with van der Waals surface area (Å²) in [5.41, 5.74) is -0.865. The van der Waals surface area contributed by atoms with Crippen molar-refractivity contribution in [2.45, 2.75) is 13.3 Å². The van der Waals surface area contributed by atoms with E-state index in [1.807, 2.05) is 0 Å². The summed E-state index contributed by atoms with van der Waals surface area (Å²) in [6.07, 6.45) is 0.243. The summed E-state index contributed by atoms with van der Waals surface area (Å²) >= 11 is 0. The van der Waals surface area contributed by atoms with E-state index in [0.29, 0.717) is 6.07 Å². The molecule has 106 valence electrons. The van der Waals surface area contributed by atoms with E-state index >= 15 is 0 Å². The van der Waals surface area contributed by atoms with E-state index in [4.69, 9.17) is 5.11 Å². The van der Waals surface area contributed by atoms with Crippen molar-refractivity contribution < 1.29 is 27.5 Å². The Labute approximate surface area is 107 Å². The van der Waals surface area contributed by atoms with E-state index in [9.17, 15) is 22.4 Å². The first-order chi connectivity index (χ1) is 8.93. The Kier molecular flexibility index (Phi) is 5.29. The number of aliphatic hydroxyl groups is 1. The molecular weight excluding hydrogens is 266 g/mol. The van der Waals surface area contributed by atoms with Crippen LogP contribution in [0.5, 0.6) is 0 Å². The number of benzene rings is 1. The molecule has 0 aromatic heterocycles. The van der Waals surface area contributed by atoms with E-state index in [1.165, 1.54) is 0 Å². The second kappa shape index (κ2) is 6.51. The van der Waals surface area contributed by atoms with Crippen LogP contribution in [-0.2, 0) is 0 Å². The van der Waals surface area contributed by atoms with Gasteiger partial charge in [0.1, 0.15) is 0 Å². The smallest absolute Gasteiger partial charge is 0.257 e. The summed E-state index contributed by atoms with van der Waals surface area (Å²) in [5.74, 6) is -8.26. The molecule has 0 radical (unpaired) electrons. The molecule has 0 unspecified atom stereocenters. The van der Waals surface area contributed by atoms with Gasteiger partial charge in [-0.15, -0.1) is 0 Å². The average molecular weight is 279 g/mol. The van der Waals surface area contributed by atoms with Crippen LogP contribution in [0, 0.1) is 23.3 Å². The predicted octanol–water partition coefficient (Wildman–Crippen LogP) is 2.09. The Hall–Kier alpha value is -1.63. The zero-order chi connectivity index (χ0) is 14.6. The molecule has 0 heterocycles. The number of nitrogens with zero attached hydrogens (tertiary/aromatic N) is 1. The van der Waals surface area contributed by atoms with Gasteiger partial charge in [-0.05, 0) is 19.4 Å². The first kappa shape index (κ1) is 15.4. The third-order valence-electron chi connectivity index (χ3n) is 2.59. The van der Waals surface area contributed by atoms with Crippen molar-refractivity contribution in [2.75, 3.05) is 19.7 Å². The number of amides is 1. The largest absolute Gasteiger partial charge is 0.396 e. The summed E-state index contributed by atoms with van der Waals surface area (Å²) in [6.45, 7) is 1.67. The van der Waals surface area contributed by atoms with Gasteiger partial charge in [-0.25, -0.2) is 17.6 Å². The van der Waals surface area contributed by atoms with Gasteiger partial charge in [-0.2, -0.15) is 0 Å². The normalized spacial score (nSPS) is 10.6. The number of halogens is 4. The van der Waals surface area contributed by atoms with Gasteiger partial charge in [0, 0.05) is 19.7 Å². The molecule has 0 spiro atoms. The van der Waals surface area contributed by atoms with Crippen LogP contribution < -0.4 is 0 Å². The van der Waals surface area contributed by atoms with Crippen LogP contribution >= 0.6 is 0 Å². The first-order valence-electron chi connectivity index (χ1n) is 5.67. The highest BCUT2D eigenvalue weighted by atomic mass is 19.2. The molecule has 1 amide bonds. The molecular formula is C12H13F4NO2. The highest BCUT2D eigenvalue weighted by Crippen LogP contribution is 2.20. The highest BCUT2D eigenvalue weighted by Gasteiger charge is 2.25. The molecule has 0 bridgehead atoms. The molecule has 0 fully saturated rings. The number of carbonyl (C=O) groups excluding carboxylic acids is 1. The minimum Gasteiger partial charge on any atom is -0.396 e. The molecule has 7 heteroatoms. The fourth-order valence-electron chi connectivity index (χ4n) is 1.56.